The molecule has 2 heterocycles. The monoisotopic (exact) mass is 223 g/mol. The zero-order valence-corrected chi connectivity index (χ0v) is 7.82. The molecule has 0 aromatic carbocycles. The van der Waals surface area contributed by atoms with Gasteiger partial charge in [-0.25, -0.2) is 9.42 Å². The van der Waals surface area contributed by atoms with Gasteiger partial charge in [-0.05, 0) is 10.7 Å². The number of aromatic amines is 1. The van der Waals surface area contributed by atoms with Crippen molar-refractivity contribution in [2.24, 2.45) is 5.11 Å². The lowest BCUT2D eigenvalue weighted by Crippen LogP contribution is -1.97. The average molecular weight is 223 g/mol. The van der Waals surface area contributed by atoms with Crippen LogP contribution >= 0.6 is 0 Å². The highest BCUT2D eigenvalue weighted by Crippen LogP contribution is 2.14. The Bertz CT molecular complexity index is 575. The number of azide groups is 1. The third-order valence-electron chi connectivity index (χ3n) is 1.73. The Hall–Kier alpha value is -2.61. The molecular weight excluding hydrogens is 218 g/mol. The van der Waals surface area contributed by atoms with Crippen molar-refractivity contribution in [3.05, 3.63) is 26.7 Å². The lowest BCUT2D eigenvalue weighted by atomic mass is 10.2. The Morgan fingerprint density at radius 3 is 3.00 bits per heavy atom. The van der Waals surface area contributed by atoms with Crippen LogP contribution in [0.2, 0.25) is 0 Å². The second-order valence-corrected chi connectivity index (χ2v) is 2.71. The van der Waals surface area contributed by atoms with Gasteiger partial charge in [0.1, 0.15) is 5.69 Å². The number of nitrogens with one attached hydrogen (secondary N) is 1. The maximum absolute atomic E-state index is 10.7. The summed E-state index contributed by atoms with van der Waals surface area (Å²) >= 11 is 0. The standard InChI is InChI=1S/C6H5N7O3/c7-13-8-2-1-3-4(11-16-10-3)5-9-6(14)15-12-5/h1-2H2,(H,9,12,14). The third kappa shape index (κ3) is 1.91. The first-order valence-corrected chi connectivity index (χ1v) is 4.20. The van der Waals surface area contributed by atoms with Crippen molar-refractivity contribution in [3.63, 3.8) is 0 Å². The first kappa shape index (κ1) is 9.93. The lowest BCUT2D eigenvalue weighted by Gasteiger charge is -1.90. The summed E-state index contributed by atoms with van der Waals surface area (Å²) in [6, 6.07) is 0. The van der Waals surface area contributed by atoms with Gasteiger partial charge in [-0.15, -0.1) is 0 Å². The Morgan fingerprint density at radius 1 is 1.44 bits per heavy atom. The van der Waals surface area contributed by atoms with E-state index in [2.05, 4.69) is 39.6 Å². The highest BCUT2D eigenvalue weighted by molar-refractivity contribution is 5.49. The van der Waals surface area contributed by atoms with Crippen molar-refractivity contribution >= 4 is 0 Å². The molecule has 0 saturated heterocycles. The van der Waals surface area contributed by atoms with Gasteiger partial charge in [0.2, 0.25) is 5.82 Å². The number of hydrogen-bond donors (Lipinski definition) is 1. The third-order valence-corrected chi connectivity index (χ3v) is 1.73. The van der Waals surface area contributed by atoms with Gasteiger partial charge in [-0.2, -0.15) is 0 Å². The average Bonchev–Trinajstić information content (AvgIpc) is 2.87. The zero-order valence-electron chi connectivity index (χ0n) is 7.82. The Kier molecular flexibility index (Phi) is 2.65. The molecule has 10 nitrogen and oxygen atoms in total. The van der Waals surface area contributed by atoms with Crippen molar-refractivity contribution in [1.82, 2.24) is 20.5 Å². The largest absolute Gasteiger partial charge is 0.439 e. The minimum absolute atomic E-state index is 0.127. The zero-order chi connectivity index (χ0) is 11.4. The quantitative estimate of drug-likeness (QED) is 0.446. The highest BCUT2D eigenvalue weighted by Gasteiger charge is 2.15. The van der Waals surface area contributed by atoms with E-state index in [9.17, 15) is 4.79 Å². The van der Waals surface area contributed by atoms with Crippen molar-refractivity contribution in [2.75, 3.05) is 6.54 Å². The van der Waals surface area contributed by atoms with Crippen molar-refractivity contribution < 1.29 is 9.15 Å². The molecule has 16 heavy (non-hydrogen) atoms. The molecule has 0 atom stereocenters. The molecule has 0 saturated carbocycles. The van der Waals surface area contributed by atoms with Crippen LogP contribution in [-0.2, 0) is 6.42 Å². The molecule has 0 bridgehead atoms. The van der Waals surface area contributed by atoms with E-state index in [1.165, 1.54) is 0 Å². The molecule has 0 radical (unpaired) electrons. The summed E-state index contributed by atoms with van der Waals surface area (Å²) in [7, 11) is 0. The van der Waals surface area contributed by atoms with Crippen LogP contribution in [-0.4, -0.2) is 27.0 Å². The highest BCUT2D eigenvalue weighted by atomic mass is 16.6. The van der Waals surface area contributed by atoms with E-state index in [0.29, 0.717) is 12.1 Å². The number of rotatable bonds is 4. The van der Waals surface area contributed by atoms with Gasteiger partial charge in [-0.3, -0.25) is 9.51 Å². The topological polar surface area (TPSA) is 147 Å². The van der Waals surface area contributed by atoms with E-state index in [1.54, 1.807) is 0 Å². The second-order valence-electron chi connectivity index (χ2n) is 2.71. The van der Waals surface area contributed by atoms with E-state index in [4.69, 9.17) is 5.53 Å². The van der Waals surface area contributed by atoms with E-state index >= 15 is 0 Å². The van der Waals surface area contributed by atoms with Gasteiger partial charge in [0.15, 0.2) is 5.69 Å². The molecule has 0 amide bonds. The molecule has 0 aliphatic rings. The lowest BCUT2D eigenvalue weighted by molar-refractivity contribution is 0.304. The van der Waals surface area contributed by atoms with E-state index in [0.717, 1.165) is 0 Å². The summed E-state index contributed by atoms with van der Waals surface area (Å²) in [4.78, 5) is 15.6. The SMILES string of the molecule is [N-]=[N+]=NCCc1nonc1-c1noc(=O)[nH]1. The summed E-state index contributed by atoms with van der Waals surface area (Å²) < 4.78 is 8.82. The molecule has 2 rings (SSSR count). The fourth-order valence-electron chi connectivity index (χ4n) is 1.08. The van der Waals surface area contributed by atoms with Crippen LogP contribution in [0.1, 0.15) is 5.69 Å². The van der Waals surface area contributed by atoms with Crippen LogP contribution in [0, 0.1) is 0 Å². The Labute approximate surface area is 86.8 Å². The van der Waals surface area contributed by atoms with Gasteiger partial charge in [0, 0.05) is 17.9 Å². The van der Waals surface area contributed by atoms with Crippen LogP contribution < -0.4 is 5.76 Å². The normalized spacial score (nSPS) is 10.0. The van der Waals surface area contributed by atoms with Gasteiger partial charge in [0.25, 0.3) is 0 Å². The Morgan fingerprint density at radius 2 is 2.31 bits per heavy atom. The van der Waals surface area contributed by atoms with Crippen LogP contribution in [0.25, 0.3) is 22.0 Å². The first-order valence-electron chi connectivity index (χ1n) is 4.20. The van der Waals surface area contributed by atoms with Crippen molar-refractivity contribution in [2.45, 2.75) is 6.42 Å². The number of hydrogen-bond acceptors (Lipinski definition) is 7. The predicted molar refractivity (Wildman–Crippen MR) is 48.1 cm³/mol. The van der Waals surface area contributed by atoms with E-state index in [-0.39, 0.29) is 18.1 Å². The summed E-state index contributed by atoms with van der Waals surface area (Å²) in [6.45, 7) is 0.208. The summed E-state index contributed by atoms with van der Waals surface area (Å²) in [5.41, 5.74) is 8.80. The molecule has 0 aliphatic carbocycles. The molecule has 10 heteroatoms. The molecule has 0 unspecified atom stereocenters. The van der Waals surface area contributed by atoms with E-state index < -0.39 is 5.76 Å². The minimum Gasteiger partial charge on any atom is -0.296 e. The maximum Gasteiger partial charge on any atom is 0.439 e. The molecule has 2 aromatic rings. The van der Waals surface area contributed by atoms with Gasteiger partial charge < -0.3 is 0 Å². The van der Waals surface area contributed by atoms with Crippen molar-refractivity contribution in [1.29, 1.82) is 0 Å². The van der Waals surface area contributed by atoms with Crippen LogP contribution in [0.15, 0.2) is 19.1 Å². The van der Waals surface area contributed by atoms with Crippen LogP contribution in [0.4, 0.5) is 0 Å². The molecule has 1 N–H and O–H groups in total. The summed E-state index contributed by atoms with van der Waals surface area (Å²) in [6.07, 6.45) is 0.331. The smallest absolute Gasteiger partial charge is 0.296 e. The maximum atomic E-state index is 10.7. The van der Waals surface area contributed by atoms with E-state index in [1.807, 2.05) is 0 Å². The van der Waals surface area contributed by atoms with Gasteiger partial charge in [-0.1, -0.05) is 15.4 Å². The molecule has 2 aromatic heterocycles. The van der Waals surface area contributed by atoms with Crippen LogP contribution in [0.3, 0.4) is 0 Å². The molecule has 82 valence electrons. The molecule has 0 spiro atoms. The Balaban J connectivity index is 2.25. The molecular formula is C6H5N7O3. The minimum atomic E-state index is -0.695. The molecule has 0 aliphatic heterocycles. The number of aromatic nitrogens is 4. The summed E-state index contributed by atoms with van der Waals surface area (Å²) in [5, 5.41) is 13.9. The van der Waals surface area contributed by atoms with Crippen LogP contribution in [0.5, 0.6) is 0 Å². The summed E-state index contributed by atoms with van der Waals surface area (Å²) in [5.74, 6) is -0.568. The van der Waals surface area contributed by atoms with Crippen molar-refractivity contribution in [3.8, 4) is 11.5 Å². The molecule has 0 fully saturated rings. The van der Waals surface area contributed by atoms with Gasteiger partial charge in [0.05, 0.1) is 0 Å². The fourth-order valence-corrected chi connectivity index (χ4v) is 1.08. The number of nitrogens with zero attached hydrogens (tertiary/aromatic N) is 6. The number of H-pyrrole nitrogens is 1. The predicted octanol–water partition coefficient (Wildman–Crippen LogP) is 0.266. The fraction of sp³-hybridized carbons (Fsp3) is 0.333. The van der Waals surface area contributed by atoms with Gasteiger partial charge >= 0.3 is 5.76 Å². The second kappa shape index (κ2) is 4.28. The first-order chi connectivity index (χ1) is 7.81.